The van der Waals surface area contributed by atoms with Gasteiger partial charge in [0.2, 0.25) is 0 Å². The topological polar surface area (TPSA) is 8.17 Å². The highest BCUT2D eigenvalue weighted by Crippen LogP contribution is 2.47. The molecule has 0 atom stereocenters. The number of benzene rings is 10. The van der Waals surface area contributed by atoms with Crippen LogP contribution in [0.3, 0.4) is 0 Å². The Bertz CT molecular complexity index is 3270. The standard InChI is InChI=1S/C56H38N2/c1-4-17-39(18-5-1)45-31-33-48(40-19-6-2-7-20-40)54(37-45)57(52-30-16-26-41-23-12-13-27-47(41)52)46-32-34-50-49-28-14-15-29-53(49)58(56(50)38-46)55-36-44-25-11-10-24-43(44)35-51(55)42-21-8-3-9-22-42/h1-38H. The summed E-state index contributed by atoms with van der Waals surface area (Å²) in [4.78, 5) is 2.48. The van der Waals surface area contributed by atoms with Gasteiger partial charge in [-0.2, -0.15) is 0 Å². The number of hydrogen-bond donors (Lipinski definition) is 0. The monoisotopic (exact) mass is 738 g/mol. The first-order valence-corrected chi connectivity index (χ1v) is 19.9. The van der Waals surface area contributed by atoms with Crippen LogP contribution in [0.25, 0.3) is 82.4 Å². The van der Waals surface area contributed by atoms with E-state index in [0.717, 1.165) is 33.8 Å². The summed E-state index contributed by atoms with van der Waals surface area (Å²) < 4.78 is 2.49. The van der Waals surface area contributed by atoms with E-state index in [2.05, 4.69) is 240 Å². The second kappa shape index (κ2) is 14.1. The molecule has 0 aliphatic rings. The van der Waals surface area contributed by atoms with Gasteiger partial charge in [0.25, 0.3) is 0 Å². The highest BCUT2D eigenvalue weighted by atomic mass is 15.1. The van der Waals surface area contributed by atoms with Crippen molar-refractivity contribution in [1.29, 1.82) is 0 Å². The summed E-state index contributed by atoms with van der Waals surface area (Å²) in [6, 6.07) is 83.9. The smallest absolute Gasteiger partial charge is 0.0562 e. The van der Waals surface area contributed by atoms with Gasteiger partial charge in [0, 0.05) is 33.0 Å². The van der Waals surface area contributed by atoms with Crippen molar-refractivity contribution < 1.29 is 0 Å². The lowest BCUT2D eigenvalue weighted by molar-refractivity contribution is 1.18. The van der Waals surface area contributed by atoms with E-state index in [1.807, 2.05) is 0 Å². The number of aromatic nitrogens is 1. The molecule has 0 spiro atoms. The lowest BCUT2D eigenvalue weighted by atomic mass is 9.96. The molecule has 1 aromatic heterocycles. The van der Waals surface area contributed by atoms with Crippen molar-refractivity contribution in [3.8, 4) is 39.1 Å². The number of nitrogens with zero attached hydrogens (tertiary/aromatic N) is 2. The number of anilines is 3. The summed E-state index contributed by atoms with van der Waals surface area (Å²) in [6.45, 7) is 0. The molecule has 58 heavy (non-hydrogen) atoms. The van der Waals surface area contributed by atoms with E-state index in [1.165, 1.54) is 65.7 Å². The highest BCUT2D eigenvalue weighted by Gasteiger charge is 2.23. The Balaban J connectivity index is 1.24. The normalized spacial score (nSPS) is 11.4. The molecule has 0 fully saturated rings. The lowest BCUT2D eigenvalue weighted by Gasteiger charge is -2.30. The predicted molar refractivity (Wildman–Crippen MR) is 247 cm³/mol. The van der Waals surface area contributed by atoms with Gasteiger partial charge in [-0.05, 0) is 80.9 Å². The van der Waals surface area contributed by atoms with Crippen LogP contribution in [0.1, 0.15) is 0 Å². The fourth-order valence-corrected chi connectivity index (χ4v) is 8.82. The molecule has 11 rings (SSSR count). The second-order valence-corrected chi connectivity index (χ2v) is 14.9. The van der Waals surface area contributed by atoms with Crippen LogP contribution in [-0.2, 0) is 0 Å². The minimum Gasteiger partial charge on any atom is -0.309 e. The molecule has 0 aliphatic heterocycles. The van der Waals surface area contributed by atoms with Crippen LogP contribution in [0.15, 0.2) is 231 Å². The Morgan fingerprint density at radius 3 is 1.60 bits per heavy atom. The minimum atomic E-state index is 1.08. The number of rotatable bonds is 7. The zero-order valence-electron chi connectivity index (χ0n) is 31.8. The summed E-state index contributed by atoms with van der Waals surface area (Å²) in [6.07, 6.45) is 0. The lowest BCUT2D eigenvalue weighted by Crippen LogP contribution is -2.12. The van der Waals surface area contributed by atoms with Gasteiger partial charge in [0.15, 0.2) is 0 Å². The Morgan fingerprint density at radius 2 is 0.862 bits per heavy atom. The van der Waals surface area contributed by atoms with Crippen molar-refractivity contribution in [1.82, 2.24) is 4.57 Å². The maximum atomic E-state index is 2.49. The highest BCUT2D eigenvalue weighted by molar-refractivity contribution is 6.12. The third-order valence-corrected chi connectivity index (χ3v) is 11.5. The van der Waals surface area contributed by atoms with Crippen molar-refractivity contribution in [2.45, 2.75) is 0 Å². The molecule has 0 N–H and O–H groups in total. The van der Waals surface area contributed by atoms with Crippen LogP contribution in [-0.4, -0.2) is 4.57 Å². The third kappa shape index (κ3) is 5.74. The van der Waals surface area contributed by atoms with E-state index in [-0.39, 0.29) is 0 Å². The van der Waals surface area contributed by atoms with Gasteiger partial charge in [0.1, 0.15) is 0 Å². The zero-order valence-corrected chi connectivity index (χ0v) is 31.8. The van der Waals surface area contributed by atoms with Gasteiger partial charge in [-0.15, -0.1) is 0 Å². The van der Waals surface area contributed by atoms with Crippen molar-refractivity contribution in [3.05, 3.63) is 231 Å². The SMILES string of the molecule is c1ccc(-c2ccc(-c3ccccc3)c(N(c3ccc4c5ccccc5n(-c5cc6ccccc6cc5-c5ccccc5)c4c3)c3cccc4ccccc34)c2)cc1. The average molecular weight is 739 g/mol. The molecule has 11 aromatic rings. The zero-order chi connectivity index (χ0) is 38.4. The van der Waals surface area contributed by atoms with E-state index in [0.29, 0.717) is 0 Å². The Kier molecular flexibility index (Phi) is 8.19. The summed E-state index contributed by atoms with van der Waals surface area (Å²) in [5.41, 5.74) is 13.9. The van der Waals surface area contributed by atoms with E-state index < -0.39 is 0 Å². The molecular formula is C56H38N2. The Labute approximate surface area is 338 Å². The number of fused-ring (bicyclic) bond motifs is 5. The van der Waals surface area contributed by atoms with Crippen LogP contribution in [0.4, 0.5) is 17.1 Å². The molecular weight excluding hydrogens is 701 g/mol. The number of hydrogen-bond acceptors (Lipinski definition) is 1. The van der Waals surface area contributed by atoms with Crippen molar-refractivity contribution in [3.63, 3.8) is 0 Å². The molecule has 0 radical (unpaired) electrons. The fourth-order valence-electron chi connectivity index (χ4n) is 8.82. The van der Waals surface area contributed by atoms with Crippen LogP contribution in [0.5, 0.6) is 0 Å². The van der Waals surface area contributed by atoms with Crippen LogP contribution >= 0.6 is 0 Å². The van der Waals surface area contributed by atoms with Gasteiger partial charge in [-0.1, -0.05) is 188 Å². The molecule has 10 aromatic carbocycles. The quantitative estimate of drug-likeness (QED) is 0.158. The van der Waals surface area contributed by atoms with Gasteiger partial charge in [-0.3, -0.25) is 0 Å². The largest absolute Gasteiger partial charge is 0.309 e. The molecule has 0 aliphatic carbocycles. The van der Waals surface area contributed by atoms with E-state index >= 15 is 0 Å². The van der Waals surface area contributed by atoms with Crippen LogP contribution in [0, 0.1) is 0 Å². The van der Waals surface area contributed by atoms with Crippen molar-refractivity contribution >= 4 is 60.4 Å². The van der Waals surface area contributed by atoms with Gasteiger partial charge in [-0.25, -0.2) is 0 Å². The van der Waals surface area contributed by atoms with Gasteiger partial charge in [0.05, 0.1) is 28.1 Å². The molecule has 0 unspecified atom stereocenters. The summed E-state index contributed by atoms with van der Waals surface area (Å²) >= 11 is 0. The van der Waals surface area contributed by atoms with Crippen LogP contribution < -0.4 is 4.90 Å². The first-order chi connectivity index (χ1) is 28.8. The molecule has 2 heteroatoms. The van der Waals surface area contributed by atoms with Crippen LogP contribution in [0.2, 0.25) is 0 Å². The maximum absolute atomic E-state index is 2.49. The molecule has 0 saturated heterocycles. The second-order valence-electron chi connectivity index (χ2n) is 14.9. The minimum absolute atomic E-state index is 1.08. The summed E-state index contributed by atoms with van der Waals surface area (Å²) in [7, 11) is 0. The first-order valence-electron chi connectivity index (χ1n) is 19.9. The van der Waals surface area contributed by atoms with Crippen molar-refractivity contribution in [2.75, 3.05) is 4.90 Å². The maximum Gasteiger partial charge on any atom is 0.0562 e. The third-order valence-electron chi connectivity index (χ3n) is 11.5. The van der Waals surface area contributed by atoms with Crippen molar-refractivity contribution in [2.24, 2.45) is 0 Å². The summed E-state index contributed by atoms with van der Waals surface area (Å²) in [5.74, 6) is 0. The summed E-state index contributed by atoms with van der Waals surface area (Å²) in [5, 5.41) is 7.26. The number of para-hydroxylation sites is 1. The van der Waals surface area contributed by atoms with E-state index in [9.17, 15) is 0 Å². The predicted octanol–water partition coefficient (Wildman–Crippen LogP) is 15.6. The first kappa shape index (κ1) is 33.6. The van der Waals surface area contributed by atoms with E-state index in [1.54, 1.807) is 0 Å². The molecule has 1 heterocycles. The molecule has 272 valence electrons. The van der Waals surface area contributed by atoms with Gasteiger partial charge < -0.3 is 9.47 Å². The Hall–Kier alpha value is -7.68. The Morgan fingerprint density at radius 1 is 0.293 bits per heavy atom. The van der Waals surface area contributed by atoms with E-state index in [4.69, 9.17) is 0 Å². The molecule has 2 nitrogen and oxygen atoms in total. The molecule has 0 bridgehead atoms. The molecule has 0 amide bonds. The average Bonchev–Trinajstić information content (AvgIpc) is 3.63. The van der Waals surface area contributed by atoms with Gasteiger partial charge >= 0.3 is 0 Å². The molecule has 0 saturated carbocycles. The fraction of sp³-hybridized carbons (Fsp3) is 0.